The van der Waals surface area contributed by atoms with E-state index in [1.165, 1.54) is 0 Å². The molecular weight excluding hydrogens is 456 g/mol. The molecule has 2 aromatic carbocycles. The first-order valence-corrected chi connectivity index (χ1v) is 11.1. The summed E-state index contributed by atoms with van der Waals surface area (Å²) in [6, 6.07) is 23.8. The third kappa shape index (κ3) is 3.97. The lowest BCUT2D eigenvalue weighted by Gasteiger charge is -2.29. The van der Waals surface area contributed by atoms with Crippen LogP contribution in [-0.2, 0) is 0 Å². The number of aromatic carboxylic acids is 1. The largest absolute Gasteiger partial charge is 0.478 e. The molecule has 0 radical (unpaired) electrons. The molecule has 6 nitrogen and oxygen atoms in total. The van der Waals surface area contributed by atoms with Gasteiger partial charge in [0.1, 0.15) is 6.04 Å². The van der Waals surface area contributed by atoms with Gasteiger partial charge >= 0.3 is 5.97 Å². The van der Waals surface area contributed by atoms with Crippen molar-refractivity contribution in [1.29, 1.82) is 0 Å². The molecule has 0 spiro atoms. The number of anilines is 1. The highest BCUT2D eigenvalue weighted by atomic mass is 35.5. The number of nitrogens with zero attached hydrogens (tertiary/aromatic N) is 3. The number of pyridine rings is 1. The van der Waals surface area contributed by atoms with Gasteiger partial charge in [0.2, 0.25) is 0 Å². The molecule has 0 amide bonds. The second-order valence-electron chi connectivity index (χ2n) is 7.63. The van der Waals surface area contributed by atoms with E-state index in [4.69, 9.17) is 23.8 Å². The highest BCUT2D eigenvalue weighted by Gasteiger charge is 2.42. The standard InChI is InChI=1S/C25H19ClN4O2S/c26-17-8-12-19(13-9-17)30-23(22(28-25(30)33)20-4-1-2-14-27-20)21-5-3-15-29(21)18-10-6-16(7-11-18)24(31)32/h1-15,22-23H,(H,28,33)(H,31,32)/t22-,23-/m1/s1. The van der Waals surface area contributed by atoms with E-state index in [2.05, 4.69) is 15.2 Å². The van der Waals surface area contributed by atoms with E-state index in [0.29, 0.717) is 10.1 Å². The summed E-state index contributed by atoms with van der Waals surface area (Å²) in [5.74, 6) is -0.955. The van der Waals surface area contributed by atoms with E-state index < -0.39 is 5.97 Å². The quantitative estimate of drug-likeness (QED) is 0.377. The van der Waals surface area contributed by atoms with Crippen molar-refractivity contribution < 1.29 is 9.90 Å². The third-order valence-corrected chi connectivity index (χ3v) is 6.25. The van der Waals surface area contributed by atoms with Gasteiger partial charge in [0.05, 0.1) is 17.3 Å². The van der Waals surface area contributed by atoms with E-state index in [1.54, 1.807) is 30.5 Å². The van der Waals surface area contributed by atoms with Crippen molar-refractivity contribution in [3.05, 3.63) is 113 Å². The van der Waals surface area contributed by atoms with Crippen LogP contribution in [0.5, 0.6) is 0 Å². The molecule has 0 bridgehead atoms. The third-order valence-electron chi connectivity index (χ3n) is 5.68. The maximum absolute atomic E-state index is 11.3. The van der Waals surface area contributed by atoms with Crippen molar-refractivity contribution in [1.82, 2.24) is 14.9 Å². The highest BCUT2D eigenvalue weighted by Crippen LogP contribution is 2.42. The molecule has 0 unspecified atom stereocenters. The molecule has 2 N–H and O–H groups in total. The summed E-state index contributed by atoms with van der Waals surface area (Å²) in [6.07, 6.45) is 3.73. The van der Waals surface area contributed by atoms with Gasteiger partial charge in [-0.15, -0.1) is 0 Å². The molecule has 0 saturated carbocycles. The lowest BCUT2D eigenvalue weighted by Crippen LogP contribution is -2.30. The van der Waals surface area contributed by atoms with E-state index in [0.717, 1.165) is 22.8 Å². The zero-order chi connectivity index (χ0) is 22.9. The Morgan fingerprint density at radius 2 is 1.70 bits per heavy atom. The van der Waals surface area contributed by atoms with Crippen molar-refractivity contribution in [3.63, 3.8) is 0 Å². The van der Waals surface area contributed by atoms with Crippen molar-refractivity contribution in [2.45, 2.75) is 12.1 Å². The summed E-state index contributed by atoms with van der Waals surface area (Å²) in [5.41, 5.74) is 3.86. The number of hydrogen-bond donors (Lipinski definition) is 2. The summed E-state index contributed by atoms with van der Waals surface area (Å²) in [4.78, 5) is 17.9. The second-order valence-corrected chi connectivity index (χ2v) is 8.45. The van der Waals surface area contributed by atoms with Crippen LogP contribution in [0.2, 0.25) is 5.02 Å². The van der Waals surface area contributed by atoms with Gasteiger partial charge in [0.15, 0.2) is 5.11 Å². The number of nitrogens with one attached hydrogen (secondary N) is 1. The predicted molar refractivity (Wildman–Crippen MR) is 132 cm³/mol. The fourth-order valence-corrected chi connectivity index (χ4v) is 4.64. The Balaban J connectivity index is 1.63. The molecule has 1 fully saturated rings. The highest BCUT2D eigenvalue weighted by molar-refractivity contribution is 7.80. The molecule has 4 aromatic rings. The Labute approximate surface area is 201 Å². The van der Waals surface area contributed by atoms with E-state index in [9.17, 15) is 9.90 Å². The zero-order valence-corrected chi connectivity index (χ0v) is 18.9. The lowest BCUT2D eigenvalue weighted by molar-refractivity contribution is 0.0697. The number of carbonyl (C=O) groups is 1. The summed E-state index contributed by atoms with van der Waals surface area (Å²) in [5, 5.41) is 13.9. The Hall–Kier alpha value is -3.68. The minimum atomic E-state index is -0.955. The number of rotatable bonds is 5. The lowest BCUT2D eigenvalue weighted by atomic mass is 10.0. The minimum absolute atomic E-state index is 0.193. The van der Waals surface area contributed by atoms with Crippen LogP contribution in [0.3, 0.4) is 0 Å². The molecule has 1 aliphatic rings. The van der Waals surface area contributed by atoms with Gasteiger partial charge in [-0.05, 0) is 85.0 Å². The summed E-state index contributed by atoms with van der Waals surface area (Å²) in [7, 11) is 0. The summed E-state index contributed by atoms with van der Waals surface area (Å²) in [6.45, 7) is 0. The fraction of sp³-hybridized carbons (Fsp3) is 0.0800. The Morgan fingerprint density at radius 3 is 2.36 bits per heavy atom. The van der Waals surface area contributed by atoms with Crippen molar-refractivity contribution >= 4 is 40.6 Å². The smallest absolute Gasteiger partial charge is 0.335 e. The normalized spacial score (nSPS) is 17.7. The van der Waals surface area contributed by atoms with Crippen molar-refractivity contribution in [2.24, 2.45) is 0 Å². The van der Waals surface area contributed by atoms with Crippen LogP contribution in [0.15, 0.2) is 91.3 Å². The summed E-state index contributed by atoms with van der Waals surface area (Å²) < 4.78 is 2.05. The topological polar surface area (TPSA) is 70.4 Å². The number of carboxylic acids is 1. The zero-order valence-electron chi connectivity index (χ0n) is 17.3. The predicted octanol–water partition coefficient (Wildman–Crippen LogP) is 5.40. The number of benzene rings is 2. The van der Waals surface area contributed by atoms with Crippen LogP contribution in [0.1, 0.15) is 33.8 Å². The Morgan fingerprint density at radius 1 is 0.970 bits per heavy atom. The monoisotopic (exact) mass is 474 g/mol. The molecule has 2 aromatic heterocycles. The first-order chi connectivity index (χ1) is 16.0. The molecule has 2 atom stereocenters. The van der Waals surface area contributed by atoms with Crippen LogP contribution < -0.4 is 10.2 Å². The van der Waals surface area contributed by atoms with Gasteiger partial charge in [0, 0.05) is 34.5 Å². The van der Waals surface area contributed by atoms with Crippen molar-refractivity contribution in [3.8, 4) is 5.69 Å². The Kier molecular flexibility index (Phi) is 5.58. The Bertz CT molecular complexity index is 1310. The SMILES string of the molecule is O=C(O)c1ccc(-n2cccc2[C@@H]2[C@@H](c3ccccn3)NC(=S)N2c2ccc(Cl)cc2)cc1. The molecule has 5 rings (SSSR count). The van der Waals surface area contributed by atoms with Gasteiger partial charge in [-0.1, -0.05) is 17.7 Å². The molecule has 0 aliphatic carbocycles. The number of carboxylic acid groups (broad SMARTS) is 1. The van der Waals surface area contributed by atoms with Crippen molar-refractivity contribution in [2.75, 3.05) is 4.90 Å². The number of halogens is 1. The molecule has 1 saturated heterocycles. The number of thiocarbonyl (C=S) groups is 1. The molecule has 164 valence electrons. The van der Waals surface area contributed by atoms with Crippen LogP contribution in [0, 0.1) is 0 Å². The van der Waals surface area contributed by atoms with E-state index >= 15 is 0 Å². The van der Waals surface area contributed by atoms with E-state index in [-0.39, 0.29) is 17.6 Å². The molecular formula is C25H19ClN4O2S. The molecule has 3 heterocycles. The van der Waals surface area contributed by atoms with Gasteiger partial charge < -0.3 is 19.9 Å². The van der Waals surface area contributed by atoms with Gasteiger partial charge in [0.25, 0.3) is 0 Å². The van der Waals surface area contributed by atoms with Crippen LogP contribution in [-0.4, -0.2) is 25.7 Å². The minimum Gasteiger partial charge on any atom is -0.478 e. The summed E-state index contributed by atoms with van der Waals surface area (Å²) >= 11 is 11.9. The fourth-order valence-electron chi connectivity index (χ4n) is 4.17. The average molecular weight is 475 g/mol. The van der Waals surface area contributed by atoms with Gasteiger partial charge in [-0.3, -0.25) is 4.98 Å². The average Bonchev–Trinajstić information content (AvgIpc) is 3.44. The molecule has 8 heteroatoms. The van der Waals surface area contributed by atoms with Crippen LogP contribution >= 0.6 is 23.8 Å². The first-order valence-electron chi connectivity index (χ1n) is 10.3. The van der Waals surface area contributed by atoms with E-state index in [1.807, 2.05) is 65.4 Å². The van der Waals surface area contributed by atoms with Gasteiger partial charge in [-0.25, -0.2) is 4.79 Å². The van der Waals surface area contributed by atoms with Crippen LogP contribution in [0.4, 0.5) is 5.69 Å². The maximum atomic E-state index is 11.3. The van der Waals surface area contributed by atoms with Gasteiger partial charge in [-0.2, -0.15) is 0 Å². The first kappa shape index (κ1) is 21.2. The second kappa shape index (κ2) is 8.69. The van der Waals surface area contributed by atoms with Crippen LogP contribution in [0.25, 0.3) is 5.69 Å². The number of hydrogen-bond acceptors (Lipinski definition) is 3. The molecule has 1 aliphatic heterocycles. The molecule has 33 heavy (non-hydrogen) atoms. The number of aromatic nitrogens is 2. The maximum Gasteiger partial charge on any atom is 0.335 e.